The van der Waals surface area contributed by atoms with E-state index in [1.165, 1.54) is 55.4 Å². The Morgan fingerprint density at radius 2 is 1.61 bits per heavy atom. The second kappa shape index (κ2) is 7.05. The number of aryl methyl sites for hydroxylation is 3. The maximum absolute atomic E-state index is 6.75. The predicted octanol–water partition coefficient (Wildman–Crippen LogP) is 7.49. The molecule has 1 aliphatic rings. The van der Waals surface area contributed by atoms with E-state index >= 15 is 0 Å². The predicted molar refractivity (Wildman–Crippen MR) is 136 cm³/mol. The van der Waals surface area contributed by atoms with Crippen molar-refractivity contribution in [1.29, 1.82) is 0 Å². The summed E-state index contributed by atoms with van der Waals surface area (Å²) >= 11 is 0. The number of benzene rings is 3. The standard InChI is InChI=1S/C31H30NO/c1-19-13-14-32(5)27(15-19)28-20(2)9-12-26-25-8-6-7-24(29(25)33-30(26)28)21-10-11-22-17-31(3,4)18-23(22)16-21/h6-16H,17-18H2,1-5H3/q+1. The number of fused-ring (bicyclic) bond motifs is 4. The van der Waals surface area contributed by atoms with Gasteiger partial charge < -0.3 is 4.42 Å². The molecule has 0 bridgehead atoms. The molecular formula is C31H30NO+. The molecule has 1 aliphatic carbocycles. The first kappa shape index (κ1) is 20.2. The van der Waals surface area contributed by atoms with Crippen LogP contribution < -0.4 is 4.57 Å². The highest BCUT2D eigenvalue weighted by Gasteiger charge is 2.28. The lowest BCUT2D eigenvalue weighted by molar-refractivity contribution is -0.660. The van der Waals surface area contributed by atoms with Crippen molar-refractivity contribution in [2.45, 2.75) is 40.5 Å². The highest BCUT2D eigenvalue weighted by molar-refractivity contribution is 6.13. The number of pyridine rings is 1. The molecule has 0 aliphatic heterocycles. The second-order valence-corrected chi connectivity index (χ2v) is 10.6. The minimum Gasteiger partial charge on any atom is -0.454 e. The molecule has 0 atom stereocenters. The molecule has 0 saturated heterocycles. The van der Waals surface area contributed by atoms with Crippen molar-refractivity contribution >= 4 is 21.9 Å². The number of para-hydroxylation sites is 1. The fraction of sp³-hybridized carbons (Fsp3) is 0.258. The molecule has 0 spiro atoms. The molecule has 6 rings (SSSR count). The largest absolute Gasteiger partial charge is 0.454 e. The van der Waals surface area contributed by atoms with Gasteiger partial charge in [-0.2, -0.15) is 0 Å². The van der Waals surface area contributed by atoms with Crippen molar-refractivity contribution in [3.63, 3.8) is 0 Å². The van der Waals surface area contributed by atoms with E-state index < -0.39 is 0 Å². The molecule has 0 radical (unpaired) electrons. The van der Waals surface area contributed by atoms with Crippen molar-refractivity contribution < 1.29 is 8.98 Å². The SMILES string of the molecule is Cc1cc[n+](C)c(-c2c(C)ccc3c2oc2c(-c4ccc5c(c4)CC(C)(C)C5)cccc23)c1. The first-order valence-corrected chi connectivity index (χ1v) is 11.8. The molecule has 33 heavy (non-hydrogen) atoms. The van der Waals surface area contributed by atoms with Gasteiger partial charge in [0.2, 0.25) is 5.69 Å². The third-order valence-corrected chi connectivity index (χ3v) is 7.29. The van der Waals surface area contributed by atoms with Gasteiger partial charge in [0.25, 0.3) is 0 Å². The molecule has 2 heteroatoms. The van der Waals surface area contributed by atoms with Gasteiger partial charge in [0.1, 0.15) is 18.2 Å². The zero-order chi connectivity index (χ0) is 22.9. The van der Waals surface area contributed by atoms with Gasteiger partial charge >= 0.3 is 0 Å². The van der Waals surface area contributed by atoms with Gasteiger partial charge in [-0.15, -0.1) is 0 Å². The number of hydrogen-bond acceptors (Lipinski definition) is 1. The van der Waals surface area contributed by atoms with E-state index in [0.29, 0.717) is 5.41 Å². The number of rotatable bonds is 2. The fourth-order valence-corrected chi connectivity index (χ4v) is 5.65. The van der Waals surface area contributed by atoms with Gasteiger partial charge in [-0.05, 0) is 59.9 Å². The Morgan fingerprint density at radius 3 is 2.45 bits per heavy atom. The molecular weight excluding hydrogens is 402 g/mol. The molecule has 2 aromatic heterocycles. The van der Waals surface area contributed by atoms with Crippen molar-refractivity contribution in [2.75, 3.05) is 0 Å². The Bertz CT molecular complexity index is 1570. The van der Waals surface area contributed by atoms with Crippen LogP contribution in [0.4, 0.5) is 0 Å². The summed E-state index contributed by atoms with van der Waals surface area (Å²) in [6, 6.07) is 22.4. The van der Waals surface area contributed by atoms with E-state index in [-0.39, 0.29) is 0 Å². The zero-order valence-electron chi connectivity index (χ0n) is 20.1. The van der Waals surface area contributed by atoms with Crippen LogP contribution >= 0.6 is 0 Å². The molecule has 0 fully saturated rings. The lowest BCUT2D eigenvalue weighted by Gasteiger charge is -2.14. The molecule has 2 nitrogen and oxygen atoms in total. The van der Waals surface area contributed by atoms with Crippen LogP contribution in [-0.2, 0) is 19.9 Å². The fourth-order valence-electron chi connectivity index (χ4n) is 5.65. The van der Waals surface area contributed by atoms with Crippen LogP contribution in [0.15, 0.2) is 71.3 Å². The van der Waals surface area contributed by atoms with Crippen LogP contribution in [0.2, 0.25) is 0 Å². The van der Waals surface area contributed by atoms with Crippen molar-refractivity contribution in [2.24, 2.45) is 12.5 Å². The number of furan rings is 1. The van der Waals surface area contributed by atoms with Crippen LogP contribution in [0.3, 0.4) is 0 Å². The molecule has 2 heterocycles. The van der Waals surface area contributed by atoms with Gasteiger partial charge in [0.15, 0.2) is 6.20 Å². The molecule has 0 unspecified atom stereocenters. The van der Waals surface area contributed by atoms with Gasteiger partial charge in [-0.25, -0.2) is 4.57 Å². The average molecular weight is 433 g/mol. The topological polar surface area (TPSA) is 17.0 Å². The lowest BCUT2D eigenvalue weighted by Crippen LogP contribution is -2.30. The molecule has 3 aromatic carbocycles. The third-order valence-electron chi connectivity index (χ3n) is 7.29. The first-order chi connectivity index (χ1) is 15.8. The van der Waals surface area contributed by atoms with E-state index in [1.807, 2.05) is 0 Å². The van der Waals surface area contributed by atoms with Crippen LogP contribution in [-0.4, -0.2) is 0 Å². The normalized spacial score (nSPS) is 14.8. The van der Waals surface area contributed by atoms with Gasteiger partial charge in [0.05, 0.1) is 5.56 Å². The Morgan fingerprint density at radius 1 is 0.818 bits per heavy atom. The summed E-state index contributed by atoms with van der Waals surface area (Å²) < 4.78 is 8.93. The maximum atomic E-state index is 6.75. The van der Waals surface area contributed by atoms with Gasteiger partial charge in [-0.1, -0.05) is 62.4 Å². The van der Waals surface area contributed by atoms with Crippen LogP contribution in [0.1, 0.15) is 36.1 Å². The van der Waals surface area contributed by atoms with Gasteiger partial charge in [0, 0.05) is 28.5 Å². The Kier molecular flexibility index (Phi) is 4.32. The summed E-state index contributed by atoms with van der Waals surface area (Å²) in [7, 11) is 2.10. The number of hydrogen-bond donors (Lipinski definition) is 0. The van der Waals surface area contributed by atoms with E-state index in [0.717, 1.165) is 24.0 Å². The summed E-state index contributed by atoms with van der Waals surface area (Å²) in [4.78, 5) is 0. The summed E-state index contributed by atoms with van der Waals surface area (Å²) in [5, 5.41) is 2.36. The van der Waals surface area contributed by atoms with Crippen LogP contribution in [0, 0.1) is 19.3 Å². The third kappa shape index (κ3) is 3.20. The van der Waals surface area contributed by atoms with Crippen molar-refractivity contribution in [3.8, 4) is 22.4 Å². The maximum Gasteiger partial charge on any atom is 0.216 e. The lowest BCUT2D eigenvalue weighted by atomic mass is 9.90. The molecule has 5 aromatic rings. The Hall–Kier alpha value is -3.39. The quantitative estimate of drug-likeness (QED) is 0.264. The second-order valence-electron chi connectivity index (χ2n) is 10.6. The van der Waals surface area contributed by atoms with Crippen molar-refractivity contribution in [3.05, 3.63) is 89.1 Å². The summed E-state index contributed by atoms with van der Waals surface area (Å²) in [6.45, 7) is 9.04. The summed E-state index contributed by atoms with van der Waals surface area (Å²) in [5.74, 6) is 0. The molecule has 164 valence electrons. The number of aromatic nitrogens is 1. The monoisotopic (exact) mass is 432 g/mol. The van der Waals surface area contributed by atoms with Crippen LogP contribution in [0.5, 0.6) is 0 Å². The molecule has 0 amide bonds. The highest BCUT2D eigenvalue weighted by atomic mass is 16.3. The minimum atomic E-state index is 0.349. The Balaban J connectivity index is 1.61. The van der Waals surface area contributed by atoms with Crippen LogP contribution in [0.25, 0.3) is 44.3 Å². The smallest absolute Gasteiger partial charge is 0.216 e. The molecule has 0 saturated carbocycles. The van der Waals surface area contributed by atoms with Gasteiger partial charge in [-0.3, -0.25) is 0 Å². The molecule has 0 N–H and O–H groups in total. The van der Waals surface area contributed by atoms with E-state index in [2.05, 4.69) is 106 Å². The average Bonchev–Trinajstić information content (AvgIpc) is 3.30. The number of nitrogens with zero attached hydrogens (tertiary/aromatic N) is 1. The van der Waals surface area contributed by atoms with E-state index in [4.69, 9.17) is 4.42 Å². The first-order valence-electron chi connectivity index (χ1n) is 11.8. The Labute approximate surface area is 195 Å². The van der Waals surface area contributed by atoms with Crippen molar-refractivity contribution in [1.82, 2.24) is 0 Å². The summed E-state index contributed by atoms with van der Waals surface area (Å²) in [5.41, 5.74) is 12.5. The zero-order valence-corrected chi connectivity index (χ0v) is 20.1. The summed E-state index contributed by atoms with van der Waals surface area (Å²) in [6.07, 6.45) is 4.43. The highest BCUT2D eigenvalue weighted by Crippen LogP contribution is 2.42. The minimum absolute atomic E-state index is 0.349. The van der Waals surface area contributed by atoms with E-state index in [9.17, 15) is 0 Å². The van der Waals surface area contributed by atoms with E-state index in [1.54, 1.807) is 0 Å².